The van der Waals surface area contributed by atoms with Gasteiger partial charge in [0.05, 0.1) is 13.1 Å². The van der Waals surface area contributed by atoms with Gasteiger partial charge in [-0.3, -0.25) is 30.1 Å². The molecule has 3 N–H and O–H groups in total. The molecule has 0 fully saturated rings. The number of amides is 3. The lowest BCUT2D eigenvalue weighted by Crippen LogP contribution is -2.46. The minimum Gasteiger partial charge on any atom is -0.324 e. The molecule has 0 spiro atoms. The number of hydrogen-bond acceptors (Lipinski definition) is 4. The molecule has 126 valence electrons. The first-order valence-corrected chi connectivity index (χ1v) is 7.30. The Balaban J connectivity index is 2.53. The molecule has 0 atom stereocenters. The SMILES string of the molecule is CC(=O)NNC(=O)CN(C)CC(=O)Nc1c(C)cc(C)cc1C. The predicted octanol–water partition coefficient (Wildman–Crippen LogP) is 0.649. The summed E-state index contributed by atoms with van der Waals surface area (Å²) in [5.74, 6) is -0.947. The molecular formula is C16H24N4O3. The Labute approximate surface area is 136 Å². The Morgan fingerprint density at radius 1 is 0.957 bits per heavy atom. The van der Waals surface area contributed by atoms with Crippen LogP contribution in [0.4, 0.5) is 5.69 Å². The van der Waals surface area contributed by atoms with E-state index in [-0.39, 0.29) is 24.9 Å². The first-order valence-electron chi connectivity index (χ1n) is 7.30. The van der Waals surface area contributed by atoms with E-state index in [1.54, 1.807) is 11.9 Å². The van der Waals surface area contributed by atoms with Crippen LogP contribution in [0.3, 0.4) is 0 Å². The minimum atomic E-state index is -0.391. The summed E-state index contributed by atoms with van der Waals surface area (Å²) in [6.45, 7) is 7.26. The lowest BCUT2D eigenvalue weighted by Gasteiger charge is -2.18. The normalized spacial score (nSPS) is 10.3. The summed E-state index contributed by atoms with van der Waals surface area (Å²) < 4.78 is 0. The highest BCUT2D eigenvalue weighted by Crippen LogP contribution is 2.21. The lowest BCUT2D eigenvalue weighted by molar-refractivity contribution is -0.128. The van der Waals surface area contributed by atoms with Crippen molar-refractivity contribution >= 4 is 23.4 Å². The summed E-state index contributed by atoms with van der Waals surface area (Å²) in [6, 6.07) is 4.01. The van der Waals surface area contributed by atoms with Crippen molar-refractivity contribution in [3.63, 3.8) is 0 Å². The van der Waals surface area contributed by atoms with E-state index < -0.39 is 5.91 Å². The van der Waals surface area contributed by atoms with Gasteiger partial charge in [-0.15, -0.1) is 0 Å². The van der Waals surface area contributed by atoms with Gasteiger partial charge in [-0.1, -0.05) is 17.7 Å². The molecule has 7 nitrogen and oxygen atoms in total. The predicted molar refractivity (Wildman–Crippen MR) is 88.7 cm³/mol. The zero-order chi connectivity index (χ0) is 17.6. The first kappa shape index (κ1) is 18.6. The van der Waals surface area contributed by atoms with Crippen molar-refractivity contribution in [2.45, 2.75) is 27.7 Å². The van der Waals surface area contributed by atoms with E-state index >= 15 is 0 Å². The number of aryl methyl sites for hydroxylation is 3. The van der Waals surface area contributed by atoms with E-state index in [1.165, 1.54) is 6.92 Å². The second-order valence-corrected chi connectivity index (χ2v) is 5.72. The Morgan fingerprint density at radius 3 is 2.00 bits per heavy atom. The molecule has 0 aromatic heterocycles. The van der Waals surface area contributed by atoms with Gasteiger partial charge in [0.25, 0.3) is 5.91 Å². The molecule has 0 aliphatic carbocycles. The summed E-state index contributed by atoms with van der Waals surface area (Å²) in [4.78, 5) is 35.9. The van der Waals surface area contributed by atoms with Gasteiger partial charge >= 0.3 is 0 Å². The molecule has 3 amide bonds. The van der Waals surface area contributed by atoms with Gasteiger partial charge in [-0.05, 0) is 38.9 Å². The molecule has 0 saturated heterocycles. The number of rotatable bonds is 5. The van der Waals surface area contributed by atoms with Gasteiger partial charge < -0.3 is 5.32 Å². The number of hydrogen-bond donors (Lipinski definition) is 3. The highest BCUT2D eigenvalue weighted by molar-refractivity contribution is 5.94. The number of anilines is 1. The fourth-order valence-electron chi connectivity index (χ4n) is 2.30. The standard InChI is InChI=1S/C16H24N4O3/c1-10-6-11(2)16(12(3)7-10)17-14(22)8-20(5)9-15(23)19-18-13(4)21/h6-7H,8-9H2,1-5H3,(H,17,22)(H,18,21)(H,19,23). The topological polar surface area (TPSA) is 90.5 Å². The van der Waals surface area contributed by atoms with Crippen LogP contribution >= 0.6 is 0 Å². The highest BCUT2D eigenvalue weighted by atomic mass is 16.2. The van der Waals surface area contributed by atoms with Crippen molar-refractivity contribution in [1.29, 1.82) is 0 Å². The van der Waals surface area contributed by atoms with E-state index in [0.29, 0.717) is 0 Å². The van der Waals surface area contributed by atoms with E-state index in [0.717, 1.165) is 22.4 Å². The molecule has 0 bridgehead atoms. The quantitative estimate of drug-likeness (QED) is 0.695. The molecule has 0 unspecified atom stereocenters. The van der Waals surface area contributed by atoms with Crippen molar-refractivity contribution in [2.75, 3.05) is 25.5 Å². The van der Waals surface area contributed by atoms with Crippen LogP contribution in [0.15, 0.2) is 12.1 Å². The molecule has 1 rings (SSSR count). The molecule has 0 saturated carbocycles. The van der Waals surface area contributed by atoms with E-state index in [9.17, 15) is 14.4 Å². The van der Waals surface area contributed by atoms with Crippen LogP contribution in [0.1, 0.15) is 23.6 Å². The second-order valence-electron chi connectivity index (χ2n) is 5.72. The average molecular weight is 320 g/mol. The maximum absolute atomic E-state index is 12.1. The summed E-state index contributed by atoms with van der Waals surface area (Å²) in [5.41, 5.74) is 8.40. The summed E-state index contributed by atoms with van der Waals surface area (Å²) in [7, 11) is 1.65. The fourth-order valence-corrected chi connectivity index (χ4v) is 2.30. The summed E-state index contributed by atoms with van der Waals surface area (Å²) >= 11 is 0. The maximum Gasteiger partial charge on any atom is 0.252 e. The molecule has 0 aliphatic rings. The van der Waals surface area contributed by atoms with Gasteiger partial charge in [0.15, 0.2) is 0 Å². The van der Waals surface area contributed by atoms with Crippen LogP contribution in [0, 0.1) is 20.8 Å². The first-order chi connectivity index (χ1) is 10.7. The maximum atomic E-state index is 12.1. The minimum absolute atomic E-state index is 0.000434. The van der Waals surface area contributed by atoms with Crippen molar-refractivity contribution in [2.24, 2.45) is 0 Å². The molecular weight excluding hydrogens is 296 g/mol. The van der Waals surface area contributed by atoms with Crippen LogP contribution < -0.4 is 16.2 Å². The fraction of sp³-hybridized carbons (Fsp3) is 0.438. The van der Waals surface area contributed by atoms with Crippen LogP contribution in [0.2, 0.25) is 0 Å². The molecule has 0 aliphatic heterocycles. The smallest absolute Gasteiger partial charge is 0.252 e. The number of hydrazine groups is 1. The molecule has 0 heterocycles. The zero-order valence-electron chi connectivity index (χ0n) is 14.2. The monoisotopic (exact) mass is 320 g/mol. The van der Waals surface area contributed by atoms with E-state index in [1.807, 2.05) is 32.9 Å². The van der Waals surface area contributed by atoms with Gasteiger partial charge in [-0.2, -0.15) is 0 Å². The Morgan fingerprint density at radius 2 is 1.48 bits per heavy atom. The third kappa shape index (κ3) is 6.48. The Hall–Kier alpha value is -2.41. The third-order valence-corrected chi connectivity index (χ3v) is 3.15. The molecule has 1 aromatic carbocycles. The zero-order valence-corrected chi connectivity index (χ0v) is 14.2. The number of carbonyl (C=O) groups is 3. The second kappa shape index (κ2) is 8.28. The molecule has 0 radical (unpaired) electrons. The van der Waals surface area contributed by atoms with Crippen LogP contribution in [0.25, 0.3) is 0 Å². The van der Waals surface area contributed by atoms with Gasteiger partial charge in [0.2, 0.25) is 11.8 Å². The molecule has 23 heavy (non-hydrogen) atoms. The van der Waals surface area contributed by atoms with E-state index in [4.69, 9.17) is 0 Å². The summed E-state index contributed by atoms with van der Waals surface area (Å²) in [5, 5.41) is 2.88. The molecule has 7 heteroatoms. The largest absolute Gasteiger partial charge is 0.324 e. The third-order valence-electron chi connectivity index (χ3n) is 3.15. The van der Waals surface area contributed by atoms with Crippen molar-refractivity contribution < 1.29 is 14.4 Å². The Bertz CT molecular complexity index is 590. The number of nitrogens with zero attached hydrogens (tertiary/aromatic N) is 1. The summed E-state index contributed by atoms with van der Waals surface area (Å²) in [6.07, 6.45) is 0. The van der Waals surface area contributed by atoms with Crippen LogP contribution in [0.5, 0.6) is 0 Å². The van der Waals surface area contributed by atoms with Gasteiger partial charge in [-0.25, -0.2) is 0 Å². The van der Waals surface area contributed by atoms with Crippen molar-refractivity contribution in [1.82, 2.24) is 15.8 Å². The van der Waals surface area contributed by atoms with Crippen molar-refractivity contribution in [3.05, 3.63) is 28.8 Å². The lowest BCUT2D eigenvalue weighted by atomic mass is 10.1. The van der Waals surface area contributed by atoms with Gasteiger partial charge in [0.1, 0.15) is 0 Å². The highest BCUT2D eigenvalue weighted by Gasteiger charge is 2.13. The number of carbonyl (C=O) groups excluding carboxylic acids is 3. The van der Waals surface area contributed by atoms with Crippen molar-refractivity contribution in [3.8, 4) is 0 Å². The number of nitrogens with one attached hydrogen (secondary N) is 3. The molecule has 1 aromatic rings. The average Bonchev–Trinajstić information content (AvgIpc) is 2.40. The van der Waals surface area contributed by atoms with E-state index in [2.05, 4.69) is 16.2 Å². The Kier molecular flexibility index (Phi) is 6.71. The van der Waals surface area contributed by atoms with Gasteiger partial charge in [0, 0.05) is 12.6 Å². The number of benzene rings is 1. The number of likely N-dealkylation sites (N-methyl/N-ethyl adjacent to an activating group) is 1. The van der Waals surface area contributed by atoms with Crippen LogP contribution in [-0.2, 0) is 14.4 Å². The van der Waals surface area contributed by atoms with Crippen LogP contribution in [-0.4, -0.2) is 42.8 Å².